The molecule has 2 aliphatic carbocycles. The van der Waals surface area contributed by atoms with Gasteiger partial charge in [0.15, 0.2) is 0 Å². The molecule has 0 nitrogen and oxygen atoms in total. The molecule has 0 aromatic heterocycles. The zero-order chi connectivity index (χ0) is 8.93. The second kappa shape index (κ2) is 7.31. The first-order valence-corrected chi connectivity index (χ1v) is 7.63. The molecule has 0 aromatic carbocycles. The Bertz CT molecular complexity index is 121. The van der Waals surface area contributed by atoms with Crippen molar-refractivity contribution in [2.45, 2.75) is 73.8 Å². The number of hydrogen-bond donors (Lipinski definition) is 0. The first kappa shape index (κ1) is 13.1. The van der Waals surface area contributed by atoms with Gasteiger partial charge in [-0.05, 0) is 0 Å². The summed E-state index contributed by atoms with van der Waals surface area (Å²) in [7, 11) is 0. The Hall–Kier alpha value is 1.01. The maximum absolute atomic E-state index is 1.59. The van der Waals surface area contributed by atoms with E-state index in [2.05, 4.69) is 0 Å². The van der Waals surface area contributed by atoms with Crippen molar-refractivity contribution in [3.8, 4) is 0 Å². The van der Waals surface area contributed by atoms with Crippen molar-refractivity contribution in [2.24, 2.45) is 0 Å². The van der Waals surface area contributed by atoms with E-state index in [4.69, 9.17) is 0 Å². The van der Waals surface area contributed by atoms with E-state index in [1.807, 2.05) is 0 Å². The molecule has 0 spiro atoms. The van der Waals surface area contributed by atoms with Crippen LogP contribution >= 0.6 is 0 Å². The largest absolute Gasteiger partial charge is 1.00 e. The molecule has 0 unspecified atom stereocenters. The van der Waals surface area contributed by atoms with Crippen LogP contribution in [0.5, 0.6) is 0 Å². The Kier molecular flexibility index (Phi) is 6.83. The van der Waals surface area contributed by atoms with Gasteiger partial charge in [-0.2, -0.15) is 0 Å². The van der Waals surface area contributed by atoms with E-state index in [-0.39, 0.29) is 17.0 Å². The molecule has 0 radical (unpaired) electrons. The molecule has 2 saturated carbocycles. The fraction of sp³-hybridized carbons (Fsp3) is 1.00. The average molecular weight is 273 g/mol. The molecule has 0 aliphatic heterocycles. The van der Waals surface area contributed by atoms with Gasteiger partial charge < -0.3 is 17.0 Å². The minimum absolute atomic E-state index is 0. The van der Waals surface area contributed by atoms with Crippen LogP contribution in [0.3, 0.4) is 0 Å². The maximum atomic E-state index is 1.59. The van der Waals surface area contributed by atoms with Crippen molar-refractivity contribution < 1.29 is 17.0 Å². The third-order valence-electron chi connectivity index (χ3n) is 3.84. The summed E-state index contributed by atoms with van der Waals surface area (Å²) < 4.78 is 2.41. The van der Waals surface area contributed by atoms with Gasteiger partial charge in [-0.25, -0.2) is 0 Å². The monoisotopic (exact) mass is 272 g/mol. The molecule has 0 atom stereocenters. The van der Waals surface area contributed by atoms with Gasteiger partial charge in [-0.1, -0.05) is 0 Å². The molecular formula is C12H22AlBr. The van der Waals surface area contributed by atoms with E-state index in [0.29, 0.717) is 0 Å². The van der Waals surface area contributed by atoms with Crippen molar-refractivity contribution in [3.63, 3.8) is 0 Å². The fourth-order valence-corrected chi connectivity index (χ4v) is 5.52. The van der Waals surface area contributed by atoms with Gasteiger partial charge >= 0.3 is 89.0 Å². The van der Waals surface area contributed by atoms with E-state index < -0.39 is 0 Å². The summed E-state index contributed by atoms with van der Waals surface area (Å²) in [5, 5.41) is 0. The first-order chi connectivity index (χ1) is 6.45. The first-order valence-electron chi connectivity index (χ1n) is 6.30. The van der Waals surface area contributed by atoms with Crippen molar-refractivity contribution in [1.29, 1.82) is 0 Å². The van der Waals surface area contributed by atoms with Crippen LogP contribution in [-0.2, 0) is 0 Å². The van der Waals surface area contributed by atoms with Crippen LogP contribution in [0, 0.1) is 0 Å². The van der Waals surface area contributed by atoms with Gasteiger partial charge in [-0.15, -0.1) is 0 Å². The summed E-state index contributed by atoms with van der Waals surface area (Å²) in [4.78, 5) is 0. The van der Waals surface area contributed by atoms with Crippen LogP contribution in [0.15, 0.2) is 0 Å². The van der Waals surface area contributed by atoms with E-state index >= 15 is 0 Å². The molecule has 0 N–H and O–H groups in total. The van der Waals surface area contributed by atoms with Gasteiger partial charge in [0.25, 0.3) is 0 Å². The fourth-order valence-electron chi connectivity index (χ4n) is 3.04. The molecule has 0 aromatic rings. The van der Waals surface area contributed by atoms with Gasteiger partial charge in [0.1, 0.15) is 0 Å². The molecule has 0 heterocycles. The quantitative estimate of drug-likeness (QED) is 0.663. The van der Waals surface area contributed by atoms with Gasteiger partial charge in [-0.3, -0.25) is 0 Å². The molecule has 2 rings (SSSR count). The maximum Gasteiger partial charge on any atom is -1.00 e. The van der Waals surface area contributed by atoms with Crippen molar-refractivity contribution in [3.05, 3.63) is 0 Å². The standard InChI is InChI=1S/2C6H11.Al.BrH/c2*1-2-4-6-5-3-1;;/h2*1H,2-6H2;;1H/q;;+1;/p-1. The topological polar surface area (TPSA) is 0 Å². The molecule has 80 valence electrons. The Morgan fingerprint density at radius 2 is 0.929 bits per heavy atom. The zero-order valence-electron chi connectivity index (χ0n) is 9.18. The second-order valence-corrected chi connectivity index (χ2v) is 7.26. The molecule has 2 heteroatoms. The minimum atomic E-state index is 0. The molecule has 0 amide bonds. The van der Waals surface area contributed by atoms with Gasteiger partial charge in [0.05, 0.1) is 0 Å². The van der Waals surface area contributed by atoms with Crippen LogP contribution in [0.2, 0.25) is 9.56 Å². The summed E-state index contributed by atoms with van der Waals surface area (Å²) >= 11 is 0.825. The van der Waals surface area contributed by atoms with E-state index in [9.17, 15) is 0 Å². The zero-order valence-corrected chi connectivity index (χ0v) is 11.9. The second-order valence-electron chi connectivity index (χ2n) is 4.99. The van der Waals surface area contributed by atoms with Crippen molar-refractivity contribution >= 4 is 15.2 Å². The molecule has 2 fully saturated rings. The van der Waals surface area contributed by atoms with E-state index in [0.717, 1.165) is 15.2 Å². The predicted molar refractivity (Wildman–Crippen MR) is 59.4 cm³/mol. The average Bonchev–Trinajstić information content (AvgIpc) is 2.21. The summed E-state index contributed by atoms with van der Waals surface area (Å²) in [5.74, 6) is 0. The summed E-state index contributed by atoms with van der Waals surface area (Å²) in [5.41, 5.74) is 0. The van der Waals surface area contributed by atoms with Crippen molar-refractivity contribution in [2.75, 3.05) is 0 Å². The van der Waals surface area contributed by atoms with Crippen LogP contribution in [0.1, 0.15) is 64.2 Å². The smallest absolute Gasteiger partial charge is 1.00 e. The van der Waals surface area contributed by atoms with E-state index in [1.165, 1.54) is 22.4 Å². The van der Waals surface area contributed by atoms with Crippen LogP contribution in [0.25, 0.3) is 0 Å². The number of halogens is 1. The molecule has 0 bridgehead atoms. The van der Waals surface area contributed by atoms with Crippen LogP contribution in [0.4, 0.5) is 0 Å². The van der Waals surface area contributed by atoms with Gasteiger partial charge in [0.2, 0.25) is 0 Å². The number of rotatable bonds is 2. The number of hydrogen-bond acceptors (Lipinski definition) is 0. The summed E-state index contributed by atoms with van der Waals surface area (Å²) in [6.07, 6.45) is 15.6. The van der Waals surface area contributed by atoms with Crippen LogP contribution in [-0.4, -0.2) is 15.2 Å². The Morgan fingerprint density at radius 3 is 1.29 bits per heavy atom. The minimum Gasteiger partial charge on any atom is -1.00 e. The normalized spacial score (nSPS) is 25.1. The molecular weight excluding hydrogens is 251 g/mol. The molecule has 14 heavy (non-hydrogen) atoms. The predicted octanol–water partition coefficient (Wildman–Crippen LogP) is 1.20. The Balaban J connectivity index is 0.000000980. The Labute approximate surface area is 106 Å². The SMILES string of the molecule is C1CC[CH]([Al+][CH]2CCCCC2)CC1.[Br-]. The van der Waals surface area contributed by atoms with E-state index in [1.54, 1.807) is 51.4 Å². The third-order valence-corrected chi connectivity index (χ3v) is 6.27. The third kappa shape index (κ3) is 4.25. The summed E-state index contributed by atoms with van der Waals surface area (Å²) in [6.45, 7) is 0. The van der Waals surface area contributed by atoms with Crippen LogP contribution < -0.4 is 17.0 Å². The molecule has 0 saturated heterocycles. The Morgan fingerprint density at radius 1 is 0.571 bits per heavy atom. The summed E-state index contributed by atoms with van der Waals surface area (Å²) in [6, 6.07) is 0. The molecule has 2 aliphatic rings. The van der Waals surface area contributed by atoms with Crippen molar-refractivity contribution in [1.82, 2.24) is 0 Å². The van der Waals surface area contributed by atoms with Gasteiger partial charge in [0, 0.05) is 0 Å².